The van der Waals surface area contributed by atoms with Crippen molar-refractivity contribution in [2.45, 2.75) is 40.0 Å². The van der Waals surface area contributed by atoms with E-state index < -0.39 is 0 Å². The molecule has 1 N–H and O–H groups in total. The van der Waals surface area contributed by atoms with E-state index in [1.165, 1.54) is 68.1 Å². The lowest BCUT2D eigenvalue weighted by Gasteiger charge is -2.32. The number of rotatable bonds is 5. The van der Waals surface area contributed by atoms with Crippen molar-refractivity contribution in [1.29, 1.82) is 0 Å². The molecular weight excluding hydrogens is 234 g/mol. The second kappa shape index (κ2) is 6.58. The third-order valence-corrected chi connectivity index (χ3v) is 4.55. The van der Waals surface area contributed by atoms with Crippen molar-refractivity contribution in [1.82, 2.24) is 14.8 Å². The van der Waals surface area contributed by atoms with Crippen LogP contribution in [0.5, 0.6) is 0 Å². The fourth-order valence-corrected chi connectivity index (χ4v) is 3.19. The van der Waals surface area contributed by atoms with E-state index in [4.69, 9.17) is 0 Å². The molecule has 2 heterocycles. The Balaban J connectivity index is 1.79. The van der Waals surface area contributed by atoms with Crippen molar-refractivity contribution in [3.63, 3.8) is 0 Å². The zero-order valence-electron chi connectivity index (χ0n) is 13.1. The average molecular weight is 263 g/mol. The summed E-state index contributed by atoms with van der Waals surface area (Å²) in [7, 11) is 2.22. The SMILES string of the molecule is CCc1c(C)[nH]c(CCCN2CCN(C)CC2)c1C. The molecule has 3 nitrogen and oxygen atoms in total. The number of nitrogens with one attached hydrogen (secondary N) is 1. The van der Waals surface area contributed by atoms with Gasteiger partial charge in [0.15, 0.2) is 0 Å². The molecule has 0 bridgehead atoms. The van der Waals surface area contributed by atoms with Crippen LogP contribution in [0.25, 0.3) is 0 Å². The van der Waals surface area contributed by atoms with Crippen LogP contribution in [0.1, 0.15) is 35.9 Å². The molecule has 1 aliphatic rings. The summed E-state index contributed by atoms with van der Waals surface area (Å²) in [5, 5.41) is 0. The number of aryl methyl sites for hydroxylation is 2. The summed E-state index contributed by atoms with van der Waals surface area (Å²) in [5.74, 6) is 0. The summed E-state index contributed by atoms with van der Waals surface area (Å²) < 4.78 is 0. The molecule has 1 aromatic heterocycles. The van der Waals surface area contributed by atoms with Crippen LogP contribution in [-0.2, 0) is 12.8 Å². The summed E-state index contributed by atoms with van der Waals surface area (Å²) in [4.78, 5) is 8.60. The molecule has 0 amide bonds. The fourth-order valence-electron chi connectivity index (χ4n) is 3.19. The minimum absolute atomic E-state index is 1.15. The lowest BCUT2D eigenvalue weighted by molar-refractivity contribution is 0.153. The summed E-state index contributed by atoms with van der Waals surface area (Å²) in [6, 6.07) is 0. The van der Waals surface area contributed by atoms with Crippen molar-refractivity contribution >= 4 is 0 Å². The number of piperazine rings is 1. The molecular formula is C16H29N3. The molecule has 3 heteroatoms. The highest BCUT2D eigenvalue weighted by atomic mass is 15.2. The van der Waals surface area contributed by atoms with Crippen LogP contribution in [0.3, 0.4) is 0 Å². The van der Waals surface area contributed by atoms with Gasteiger partial charge in [-0.1, -0.05) is 6.92 Å². The molecule has 0 aromatic carbocycles. The largest absolute Gasteiger partial charge is 0.362 e. The van der Waals surface area contributed by atoms with E-state index in [2.05, 4.69) is 42.6 Å². The highest BCUT2D eigenvalue weighted by Gasteiger charge is 2.14. The normalized spacial score (nSPS) is 18.1. The summed E-state index contributed by atoms with van der Waals surface area (Å²) in [6.07, 6.45) is 3.61. The van der Waals surface area contributed by atoms with Gasteiger partial charge in [-0.3, -0.25) is 0 Å². The van der Waals surface area contributed by atoms with Crippen molar-refractivity contribution in [2.24, 2.45) is 0 Å². The molecule has 1 aromatic rings. The average Bonchev–Trinajstić information content (AvgIpc) is 2.66. The molecule has 1 fully saturated rings. The van der Waals surface area contributed by atoms with E-state index in [-0.39, 0.29) is 0 Å². The molecule has 0 spiro atoms. The van der Waals surface area contributed by atoms with E-state index in [0.29, 0.717) is 0 Å². The Kier molecular flexibility index (Phi) is 5.06. The van der Waals surface area contributed by atoms with Gasteiger partial charge in [0.2, 0.25) is 0 Å². The minimum Gasteiger partial charge on any atom is -0.362 e. The van der Waals surface area contributed by atoms with E-state index in [9.17, 15) is 0 Å². The molecule has 0 atom stereocenters. The third-order valence-electron chi connectivity index (χ3n) is 4.55. The Morgan fingerprint density at radius 3 is 2.37 bits per heavy atom. The summed E-state index contributed by atoms with van der Waals surface area (Å²) >= 11 is 0. The molecule has 0 saturated carbocycles. The van der Waals surface area contributed by atoms with Crippen LogP contribution in [0.4, 0.5) is 0 Å². The maximum absolute atomic E-state index is 3.58. The van der Waals surface area contributed by atoms with Crippen molar-refractivity contribution < 1.29 is 0 Å². The van der Waals surface area contributed by atoms with Crippen LogP contribution in [-0.4, -0.2) is 54.6 Å². The highest BCUT2D eigenvalue weighted by molar-refractivity contribution is 5.35. The molecule has 2 rings (SSSR count). The topological polar surface area (TPSA) is 22.3 Å². The zero-order valence-corrected chi connectivity index (χ0v) is 13.1. The standard InChI is InChI=1S/C16H29N3/c1-5-15-13(2)16(17-14(15)3)7-6-8-19-11-9-18(4)10-12-19/h17H,5-12H2,1-4H3. The molecule has 0 radical (unpaired) electrons. The first-order valence-corrected chi connectivity index (χ1v) is 7.69. The van der Waals surface area contributed by atoms with Gasteiger partial charge in [0, 0.05) is 37.6 Å². The quantitative estimate of drug-likeness (QED) is 0.881. The lowest BCUT2D eigenvalue weighted by Crippen LogP contribution is -2.44. The predicted molar refractivity (Wildman–Crippen MR) is 81.9 cm³/mol. The first-order chi connectivity index (χ1) is 9.11. The summed E-state index contributed by atoms with van der Waals surface area (Å²) in [5.41, 5.74) is 5.85. The Hall–Kier alpha value is -0.800. The maximum atomic E-state index is 3.58. The van der Waals surface area contributed by atoms with Crippen molar-refractivity contribution in [2.75, 3.05) is 39.8 Å². The number of H-pyrrole nitrogens is 1. The van der Waals surface area contributed by atoms with E-state index in [1.54, 1.807) is 0 Å². The predicted octanol–water partition coefficient (Wildman–Crippen LogP) is 2.37. The Labute approximate surface area is 118 Å². The Bertz CT molecular complexity index is 400. The van der Waals surface area contributed by atoms with Crippen LogP contribution >= 0.6 is 0 Å². The summed E-state index contributed by atoms with van der Waals surface area (Å²) in [6.45, 7) is 12.9. The van der Waals surface area contributed by atoms with Gasteiger partial charge >= 0.3 is 0 Å². The van der Waals surface area contributed by atoms with Gasteiger partial charge in [-0.2, -0.15) is 0 Å². The fraction of sp³-hybridized carbons (Fsp3) is 0.750. The molecule has 0 unspecified atom stereocenters. The maximum Gasteiger partial charge on any atom is 0.0182 e. The lowest BCUT2D eigenvalue weighted by atomic mass is 10.1. The zero-order chi connectivity index (χ0) is 13.8. The Morgan fingerprint density at radius 2 is 1.79 bits per heavy atom. The van der Waals surface area contributed by atoms with Crippen molar-refractivity contribution in [3.05, 3.63) is 22.5 Å². The molecule has 1 aliphatic heterocycles. The smallest absolute Gasteiger partial charge is 0.0182 e. The van der Waals surface area contributed by atoms with Gasteiger partial charge in [0.25, 0.3) is 0 Å². The molecule has 108 valence electrons. The van der Waals surface area contributed by atoms with Gasteiger partial charge in [0.1, 0.15) is 0 Å². The Morgan fingerprint density at radius 1 is 1.11 bits per heavy atom. The van der Waals surface area contributed by atoms with E-state index in [0.717, 1.165) is 6.42 Å². The first kappa shape index (κ1) is 14.6. The van der Waals surface area contributed by atoms with Gasteiger partial charge in [0.05, 0.1) is 0 Å². The number of aromatic nitrogens is 1. The van der Waals surface area contributed by atoms with Crippen LogP contribution in [0, 0.1) is 13.8 Å². The van der Waals surface area contributed by atoms with Gasteiger partial charge in [-0.15, -0.1) is 0 Å². The van der Waals surface area contributed by atoms with Crippen LogP contribution < -0.4 is 0 Å². The van der Waals surface area contributed by atoms with E-state index in [1.807, 2.05) is 0 Å². The number of aromatic amines is 1. The van der Waals surface area contributed by atoms with Crippen molar-refractivity contribution in [3.8, 4) is 0 Å². The third kappa shape index (κ3) is 3.61. The van der Waals surface area contributed by atoms with Crippen LogP contribution in [0.2, 0.25) is 0 Å². The number of likely N-dealkylation sites (N-methyl/N-ethyl adjacent to an activating group) is 1. The van der Waals surface area contributed by atoms with Gasteiger partial charge in [-0.25, -0.2) is 0 Å². The second-order valence-corrected chi connectivity index (χ2v) is 5.93. The monoisotopic (exact) mass is 263 g/mol. The highest BCUT2D eigenvalue weighted by Crippen LogP contribution is 2.19. The minimum atomic E-state index is 1.15. The second-order valence-electron chi connectivity index (χ2n) is 5.93. The van der Waals surface area contributed by atoms with Gasteiger partial charge in [-0.05, 0) is 57.8 Å². The van der Waals surface area contributed by atoms with E-state index >= 15 is 0 Å². The number of hydrogen-bond acceptors (Lipinski definition) is 2. The first-order valence-electron chi connectivity index (χ1n) is 7.69. The molecule has 1 saturated heterocycles. The number of nitrogens with zero attached hydrogens (tertiary/aromatic N) is 2. The number of hydrogen-bond donors (Lipinski definition) is 1. The molecule has 0 aliphatic carbocycles. The van der Waals surface area contributed by atoms with Crippen LogP contribution in [0.15, 0.2) is 0 Å². The molecule has 19 heavy (non-hydrogen) atoms. The van der Waals surface area contributed by atoms with Gasteiger partial charge < -0.3 is 14.8 Å².